The van der Waals surface area contributed by atoms with Gasteiger partial charge in [-0.1, -0.05) is 0 Å². The molecule has 0 aromatic carbocycles. The van der Waals surface area contributed by atoms with Gasteiger partial charge in [-0.3, -0.25) is 14.5 Å². The molecule has 26 heavy (non-hydrogen) atoms. The topological polar surface area (TPSA) is 126 Å². The second-order valence-corrected chi connectivity index (χ2v) is 5.92. The van der Waals surface area contributed by atoms with E-state index in [9.17, 15) is 9.90 Å². The minimum absolute atomic E-state index is 0.00828. The first-order valence-corrected chi connectivity index (χ1v) is 8.05. The van der Waals surface area contributed by atoms with E-state index in [2.05, 4.69) is 20.1 Å². The Kier molecular flexibility index (Phi) is 4.09. The Morgan fingerprint density at radius 1 is 1.35 bits per heavy atom. The summed E-state index contributed by atoms with van der Waals surface area (Å²) in [7, 11) is 0. The van der Waals surface area contributed by atoms with Crippen molar-refractivity contribution in [2.75, 3.05) is 19.7 Å². The molecular weight excluding hydrogens is 340 g/mol. The largest absolute Gasteiger partial charge is 0.493 e. The number of nitrogens with zero attached hydrogens (tertiary/aromatic N) is 6. The van der Waals surface area contributed by atoms with Crippen LogP contribution in [0.5, 0.6) is 17.6 Å². The van der Waals surface area contributed by atoms with Gasteiger partial charge in [-0.2, -0.15) is 15.1 Å². The van der Waals surface area contributed by atoms with Gasteiger partial charge in [-0.15, -0.1) is 0 Å². The Labute approximate surface area is 147 Å². The highest BCUT2D eigenvalue weighted by Crippen LogP contribution is 2.27. The number of ether oxygens (including phenoxy) is 1. The predicted octanol–water partition coefficient (Wildman–Crippen LogP) is 0.485. The van der Waals surface area contributed by atoms with Crippen molar-refractivity contribution in [1.29, 1.82) is 0 Å². The lowest BCUT2D eigenvalue weighted by Gasteiger charge is -2.14. The molecule has 0 unspecified atom stereocenters. The van der Waals surface area contributed by atoms with Gasteiger partial charge >= 0.3 is 6.01 Å². The van der Waals surface area contributed by atoms with E-state index in [4.69, 9.17) is 9.84 Å². The van der Waals surface area contributed by atoms with Gasteiger partial charge in [0, 0.05) is 19.3 Å². The van der Waals surface area contributed by atoms with Crippen LogP contribution in [0.15, 0.2) is 30.9 Å². The summed E-state index contributed by atoms with van der Waals surface area (Å²) >= 11 is 0. The van der Waals surface area contributed by atoms with Gasteiger partial charge in [0.05, 0.1) is 35.5 Å². The fourth-order valence-corrected chi connectivity index (χ4v) is 2.95. The van der Waals surface area contributed by atoms with Gasteiger partial charge in [0.15, 0.2) is 5.75 Å². The Balaban J connectivity index is 1.50. The number of aliphatic hydroxyl groups excluding tert-OH is 1. The number of amides is 1. The van der Waals surface area contributed by atoms with E-state index in [1.54, 1.807) is 28.0 Å². The maximum Gasteiger partial charge on any atom is 0.326 e. The molecule has 0 aliphatic carbocycles. The van der Waals surface area contributed by atoms with Crippen LogP contribution in [0.4, 0.5) is 0 Å². The maximum absolute atomic E-state index is 11.6. The maximum atomic E-state index is 11.6. The van der Waals surface area contributed by atoms with Crippen LogP contribution in [0, 0.1) is 0 Å². The number of hydrogen-bond acceptors (Lipinski definition) is 8. The third kappa shape index (κ3) is 3.02. The molecule has 0 radical (unpaired) electrons. The van der Waals surface area contributed by atoms with Crippen LogP contribution in [0.25, 0.3) is 10.9 Å². The number of hydrogen-bond donors (Lipinski definition) is 2. The second-order valence-electron chi connectivity index (χ2n) is 5.92. The van der Waals surface area contributed by atoms with Crippen LogP contribution in [0.3, 0.4) is 0 Å². The van der Waals surface area contributed by atoms with E-state index >= 15 is 0 Å². The summed E-state index contributed by atoms with van der Waals surface area (Å²) in [5, 5.41) is 23.7. The van der Waals surface area contributed by atoms with Gasteiger partial charge < -0.3 is 19.8 Å². The van der Waals surface area contributed by atoms with Gasteiger partial charge in [0.1, 0.15) is 6.61 Å². The number of carbonyl (C=O) groups excluding carboxylic acids is 1. The highest BCUT2D eigenvalue weighted by molar-refractivity contribution is 5.82. The summed E-state index contributed by atoms with van der Waals surface area (Å²) in [5.41, 5.74) is 0.469. The Morgan fingerprint density at radius 2 is 2.23 bits per heavy atom. The molecule has 10 nitrogen and oxygen atoms in total. The van der Waals surface area contributed by atoms with Gasteiger partial charge in [-0.05, 0) is 12.5 Å². The van der Waals surface area contributed by atoms with Crippen molar-refractivity contribution in [2.45, 2.75) is 12.5 Å². The third-order valence-electron chi connectivity index (χ3n) is 4.27. The molecular formula is C16H16N6O4. The van der Waals surface area contributed by atoms with Crippen molar-refractivity contribution >= 4 is 16.8 Å². The van der Waals surface area contributed by atoms with Gasteiger partial charge in [0.25, 0.3) is 0 Å². The van der Waals surface area contributed by atoms with Crippen molar-refractivity contribution in [3.63, 3.8) is 0 Å². The lowest BCUT2D eigenvalue weighted by Crippen LogP contribution is -2.31. The van der Waals surface area contributed by atoms with Crippen LogP contribution in [0.1, 0.15) is 12.5 Å². The second kappa shape index (κ2) is 6.56. The first-order valence-electron chi connectivity index (χ1n) is 8.05. The highest BCUT2D eigenvalue weighted by Gasteiger charge is 2.27. The van der Waals surface area contributed by atoms with Crippen molar-refractivity contribution in [1.82, 2.24) is 29.6 Å². The molecule has 1 aliphatic heterocycles. The monoisotopic (exact) mass is 356 g/mol. The SMILES string of the molecule is O=C(CO)N1CC[C@H](n2cc(Oc3nc(O)c4ccncc4n3)cn2)C1. The number of aliphatic hydroxyl groups is 1. The minimum atomic E-state index is -0.488. The Hall–Kier alpha value is -3.27. The number of aromatic hydroxyl groups is 1. The van der Waals surface area contributed by atoms with Crippen LogP contribution >= 0.6 is 0 Å². The molecule has 2 N–H and O–H groups in total. The number of carbonyl (C=O) groups is 1. The van der Waals surface area contributed by atoms with Crippen molar-refractivity contribution < 1.29 is 19.7 Å². The smallest absolute Gasteiger partial charge is 0.326 e. The van der Waals surface area contributed by atoms with Gasteiger partial charge in [-0.25, -0.2) is 0 Å². The molecule has 0 spiro atoms. The molecule has 134 valence electrons. The van der Waals surface area contributed by atoms with E-state index in [-0.39, 0.29) is 23.8 Å². The average molecular weight is 356 g/mol. The first-order chi connectivity index (χ1) is 12.6. The number of aromatic nitrogens is 5. The average Bonchev–Trinajstić information content (AvgIpc) is 3.30. The van der Waals surface area contributed by atoms with Crippen LogP contribution in [-0.4, -0.2) is 65.4 Å². The summed E-state index contributed by atoms with van der Waals surface area (Å²) in [4.78, 5) is 25.3. The molecule has 1 saturated heterocycles. The molecule has 1 fully saturated rings. The molecule has 3 aromatic heterocycles. The molecule has 4 heterocycles. The molecule has 1 amide bonds. The van der Waals surface area contributed by atoms with Crippen molar-refractivity contribution in [3.8, 4) is 17.6 Å². The first kappa shape index (κ1) is 16.2. The van der Waals surface area contributed by atoms with Crippen molar-refractivity contribution in [3.05, 3.63) is 30.9 Å². The predicted molar refractivity (Wildman–Crippen MR) is 88.6 cm³/mol. The third-order valence-corrected chi connectivity index (χ3v) is 4.27. The summed E-state index contributed by atoms with van der Waals surface area (Å²) in [6.07, 6.45) is 7.00. The molecule has 1 aliphatic rings. The standard InChI is InChI=1S/C16H16N6O4/c23-9-14(24)21-4-2-10(7-21)22-8-11(5-18-22)26-16-19-13-6-17-3-1-12(13)15(25)20-16/h1,3,5-6,8,10,23H,2,4,7,9H2,(H,19,20,25)/t10-/m0/s1. The molecule has 10 heteroatoms. The molecule has 4 rings (SSSR count). The number of rotatable bonds is 4. The fourth-order valence-electron chi connectivity index (χ4n) is 2.95. The summed E-state index contributed by atoms with van der Waals surface area (Å²) in [6, 6.07) is 1.62. The normalized spacial score (nSPS) is 17.0. The highest BCUT2D eigenvalue weighted by atomic mass is 16.5. The summed E-state index contributed by atoms with van der Waals surface area (Å²) in [5.74, 6) is -0.0573. The van der Waals surface area contributed by atoms with Crippen LogP contribution in [0.2, 0.25) is 0 Å². The zero-order chi connectivity index (χ0) is 18.1. The van der Waals surface area contributed by atoms with E-state index in [1.165, 1.54) is 12.4 Å². The lowest BCUT2D eigenvalue weighted by molar-refractivity contribution is -0.133. The minimum Gasteiger partial charge on any atom is -0.493 e. The molecule has 1 atom stereocenters. The molecule has 0 saturated carbocycles. The van der Waals surface area contributed by atoms with E-state index in [0.29, 0.717) is 29.7 Å². The number of likely N-dealkylation sites (tertiary alicyclic amines) is 1. The number of fused-ring (bicyclic) bond motifs is 1. The fraction of sp³-hybridized carbons (Fsp3) is 0.312. The van der Waals surface area contributed by atoms with Crippen LogP contribution < -0.4 is 4.74 Å². The molecule has 3 aromatic rings. The number of pyridine rings is 1. The zero-order valence-electron chi connectivity index (χ0n) is 13.7. The van der Waals surface area contributed by atoms with Crippen molar-refractivity contribution in [2.24, 2.45) is 0 Å². The van der Waals surface area contributed by atoms with E-state index in [1.807, 2.05) is 0 Å². The zero-order valence-corrected chi connectivity index (χ0v) is 13.7. The van der Waals surface area contributed by atoms with E-state index < -0.39 is 6.61 Å². The quantitative estimate of drug-likeness (QED) is 0.691. The summed E-state index contributed by atoms with van der Waals surface area (Å²) < 4.78 is 7.30. The van der Waals surface area contributed by atoms with Crippen LogP contribution in [-0.2, 0) is 4.79 Å². The summed E-state index contributed by atoms with van der Waals surface area (Å²) in [6.45, 7) is 0.575. The van der Waals surface area contributed by atoms with Gasteiger partial charge in [0.2, 0.25) is 11.8 Å². The Bertz CT molecular complexity index is 959. The molecule has 0 bridgehead atoms. The Morgan fingerprint density at radius 3 is 3.08 bits per heavy atom. The van der Waals surface area contributed by atoms with E-state index in [0.717, 1.165) is 6.42 Å². The lowest BCUT2D eigenvalue weighted by atomic mass is 10.3.